The standard InChI is InChI=1S/C19H31N3O.HI/c1-16-7-4-5-8-17(16)9-13-21-18(20-2)22-15-19(10-6-11-19)12-14-23-3;/h4-5,7-8H,6,9-15H2,1-3H3,(H2,20,21,22);1H. The van der Waals surface area contributed by atoms with Crippen molar-refractivity contribution in [2.45, 2.75) is 39.0 Å². The lowest BCUT2D eigenvalue weighted by Crippen LogP contribution is -2.47. The number of benzene rings is 1. The van der Waals surface area contributed by atoms with Crippen molar-refractivity contribution >= 4 is 29.9 Å². The number of rotatable bonds is 8. The molecule has 0 atom stereocenters. The Hall–Kier alpha value is -0.820. The molecule has 136 valence electrons. The van der Waals surface area contributed by atoms with Gasteiger partial charge < -0.3 is 15.4 Å². The molecule has 0 aromatic heterocycles. The number of nitrogens with one attached hydrogen (secondary N) is 2. The lowest BCUT2D eigenvalue weighted by atomic mass is 9.67. The van der Waals surface area contributed by atoms with Gasteiger partial charge in [-0.05, 0) is 49.1 Å². The van der Waals surface area contributed by atoms with Gasteiger partial charge in [-0.1, -0.05) is 30.7 Å². The van der Waals surface area contributed by atoms with Crippen molar-refractivity contribution in [1.82, 2.24) is 10.6 Å². The van der Waals surface area contributed by atoms with Crippen LogP contribution in [0.25, 0.3) is 0 Å². The first kappa shape index (κ1) is 21.2. The van der Waals surface area contributed by atoms with Gasteiger partial charge in [0.15, 0.2) is 5.96 Å². The third-order valence-electron chi connectivity index (χ3n) is 5.05. The highest BCUT2D eigenvalue weighted by molar-refractivity contribution is 14.0. The summed E-state index contributed by atoms with van der Waals surface area (Å²) in [7, 11) is 3.62. The topological polar surface area (TPSA) is 45.7 Å². The van der Waals surface area contributed by atoms with E-state index in [4.69, 9.17) is 4.74 Å². The van der Waals surface area contributed by atoms with Gasteiger partial charge in [-0.25, -0.2) is 0 Å². The highest BCUT2D eigenvalue weighted by atomic mass is 127. The number of ether oxygens (including phenoxy) is 1. The molecular formula is C19H32IN3O. The van der Waals surface area contributed by atoms with Gasteiger partial charge in [0.05, 0.1) is 0 Å². The summed E-state index contributed by atoms with van der Waals surface area (Å²) in [6.07, 6.45) is 6.08. The van der Waals surface area contributed by atoms with Crippen LogP contribution < -0.4 is 10.6 Å². The molecule has 0 radical (unpaired) electrons. The summed E-state index contributed by atoms with van der Waals surface area (Å²) in [5.74, 6) is 0.905. The second kappa shape index (κ2) is 10.9. The van der Waals surface area contributed by atoms with E-state index in [0.717, 1.165) is 38.5 Å². The Morgan fingerprint density at radius 1 is 1.25 bits per heavy atom. The summed E-state index contributed by atoms with van der Waals surface area (Å²) >= 11 is 0. The molecule has 1 fully saturated rings. The predicted molar refractivity (Wildman–Crippen MR) is 112 cm³/mol. The molecule has 1 aromatic rings. The van der Waals surface area contributed by atoms with Crippen molar-refractivity contribution in [3.05, 3.63) is 35.4 Å². The molecule has 0 unspecified atom stereocenters. The Labute approximate surface area is 163 Å². The maximum atomic E-state index is 5.26. The van der Waals surface area contributed by atoms with E-state index >= 15 is 0 Å². The molecule has 4 nitrogen and oxygen atoms in total. The van der Waals surface area contributed by atoms with E-state index in [2.05, 4.69) is 46.8 Å². The molecule has 0 spiro atoms. The maximum absolute atomic E-state index is 5.26. The number of methoxy groups -OCH3 is 1. The Balaban J connectivity index is 0.00000288. The van der Waals surface area contributed by atoms with Crippen LogP contribution in [0.15, 0.2) is 29.3 Å². The number of guanidine groups is 1. The summed E-state index contributed by atoms with van der Waals surface area (Å²) in [5, 5.41) is 6.93. The van der Waals surface area contributed by atoms with Crippen LogP contribution in [0.2, 0.25) is 0 Å². The van der Waals surface area contributed by atoms with Gasteiger partial charge in [0, 0.05) is 33.9 Å². The van der Waals surface area contributed by atoms with E-state index in [0.29, 0.717) is 5.41 Å². The molecule has 0 saturated heterocycles. The minimum absolute atomic E-state index is 0. The Bertz CT molecular complexity index is 515. The number of hydrogen-bond acceptors (Lipinski definition) is 2. The summed E-state index contributed by atoms with van der Waals surface area (Å²) in [5.41, 5.74) is 3.15. The van der Waals surface area contributed by atoms with Crippen molar-refractivity contribution in [1.29, 1.82) is 0 Å². The minimum atomic E-state index is 0. The molecule has 0 aliphatic heterocycles. The lowest BCUT2D eigenvalue weighted by Gasteiger charge is -2.42. The van der Waals surface area contributed by atoms with E-state index < -0.39 is 0 Å². The fraction of sp³-hybridized carbons (Fsp3) is 0.632. The Morgan fingerprint density at radius 2 is 2.00 bits per heavy atom. The van der Waals surface area contributed by atoms with E-state index in [1.807, 2.05) is 7.05 Å². The van der Waals surface area contributed by atoms with Gasteiger partial charge in [0.25, 0.3) is 0 Å². The van der Waals surface area contributed by atoms with Crippen molar-refractivity contribution in [3.63, 3.8) is 0 Å². The van der Waals surface area contributed by atoms with Crippen molar-refractivity contribution in [3.8, 4) is 0 Å². The van der Waals surface area contributed by atoms with Gasteiger partial charge in [-0.2, -0.15) is 0 Å². The molecule has 2 rings (SSSR count). The van der Waals surface area contributed by atoms with Crippen LogP contribution >= 0.6 is 24.0 Å². The normalized spacial score (nSPS) is 16.0. The van der Waals surface area contributed by atoms with Gasteiger partial charge in [-0.3, -0.25) is 4.99 Å². The molecular weight excluding hydrogens is 413 g/mol. The van der Waals surface area contributed by atoms with Gasteiger partial charge >= 0.3 is 0 Å². The zero-order valence-electron chi connectivity index (χ0n) is 15.2. The van der Waals surface area contributed by atoms with Crippen LogP contribution in [0.4, 0.5) is 0 Å². The fourth-order valence-electron chi connectivity index (χ4n) is 3.21. The van der Waals surface area contributed by atoms with Crippen LogP contribution in [0, 0.1) is 12.3 Å². The van der Waals surface area contributed by atoms with Crippen molar-refractivity contribution in [2.75, 3.05) is 33.9 Å². The van der Waals surface area contributed by atoms with Crippen molar-refractivity contribution < 1.29 is 4.74 Å². The number of halogens is 1. The van der Waals surface area contributed by atoms with Gasteiger partial charge in [0.1, 0.15) is 0 Å². The fourth-order valence-corrected chi connectivity index (χ4v) is 3.21. The number of hydrogen-bond donors (Lipinski definition) is 2. The zero-order chi connectivity index (χ0) is 16.5. The van der Waals surface area contributed by atoms with E-state index in [9.17, 15) is 0 Å². The quantitative estimate of drug-likeness (QED) is 0.366. The molecule has 24 heavy (non-hydrogen) atoms. The Morgan fingerprint density at radius 3 is 2.58 bits per heavy atom. The molecule has 2 N–H and O–H groups in total. The third kappa shape index (κ3) is 6.24. The number of aliphatic imine (C=N–C) groups is 1. The second-order valence-electron chi connectivity index (χ2n) is 6.63. The molecule has 5 heteroatoms. The SMILES string of the molecule is CN=C(NCCc1ccccc1C)NCC1(CCOC)CCC1.I. The minimum Gasteiger partial charge on any atom is -0.385 e. The maximum Gasteiger partial charge on any atom is 0.191 e. The van der Waals surface area contributed by atoms with Gasteiger partial charge in [-0.15, -0.1) is 24.0 Å². The Kier molecular flexibility index (Phi) is 9.66. The van der Waals surface area contributed by atoms with E-state index in [-0.39, 0.29) is 24.0 Å². The molecule has 0 bridgehead atoms. The first-order valence-electron chi connectivity index (χ1n) is 8.67. The van der Waals surface area contributed by atoms with Crippen LogP contribution in [0.1, 0.15) is 36.8 Å². The summed E-state index contributed by atoms with van der Waals surface area (Å²) in [6, 6.07) is 8.55. The summed E-state index contributed by atoms with van der Waals surface area (Å²) < 4.78 is 5.26. The molecule has 1 aliphatic rings. The highest BCUT2D eigenvalue weighted by Crippen LogP contribution is 2.43. The zero-order valence-corrected chi connectivity index (χ0v) is 17.6. The highest BCUT2D eigenvalue weighted by Gasteiger charge is 2.36. The van der Waals surface area contributed by atoms with E-state index in [1.165, 1.54) is 30.4 Å². The van der Waals surface area contributed by atoms with Gasteiger partial charge in [0.2, 0.25) is 0 Å². The summed E-state index contributed by atoms with van der Waals surface area (Å²) in [6.45, 7) is 4.90. The average Bonchev–Trinajstić information content (AvgIpc) is 2.53. The lowest BCUT2D eigenvalue weighted by molar-refractivity contribution is 0.0732. The third-order valence-corrected chi connectivity index (χ3v) is 5.05. The molecule has 1 aliphatic carbocycles. The van der Waals surface area contributed by atoms with Crippen LogP contribution in [0.5, 0.6) is 0 Å². The van der Waals surface area contributed by atoms with Crippen LogP contribution in [-0.2, 0) is 11.2 Å². The molecule has 1 saturated carbocycles. The smallest absolute Gasteiger partial charge is 0.191 e. The first-order chi connectivity index (χ1) is 11.2. The monoisotopic (exact) mass is 445 g/mol. The predicted octanol–water partition coefficient (Wildman–Crippen LogP) is 3.53. The summed E-state index contributed by atoms with van der Waals surface area (Å²) in [4.78, 5) is 4.35. The van der Waals surface area contributed by atoms with E-state index in [1.54, 1.807) is 7.11 Å². The second-order valence-corrected chi connectivity index (χ2v) is 6.63. The van der Waals surface area contributed by atoms with Crippen LogP contribution in [-0.4, -0.2) is 39.8 Å². The molecule has 0 heterocycles. The largest absolute Gasteiger partial charge is 0.385 e. The molecule has 0 amide bonds. The van der Waals surface area contributed by atoms with Crippen LogP contribution in [0.3, 0.4) is 0 Å². The number of aryl methyl sites for hydroxylation is 1. The first-order valence-corrected chi connectivity index (χ1v) is 8.67. The molecule has 1 aromatic carbocycles. The number of nitrogens with zero attached hydrogens (tertiary/aromatic N) is 1. The van der Waals surface area contributed by atoms with Crippen molar-refractivity contribution in [2.24, 2.45) is 10.4 Å². The average molecular weight is 445 g/mol.